The Kier molecular flexibility index (Phi) is 10.8. The van der Waals surface area contributed by atoms with Crippen molar-refractivity contribution in [1.29, 1.82) is 0 Å². The number of unbranched alkanes of at least 4 members (excludes halogenated alkanes) is 1. The Bertz CT molecular complexity index is 1510. The lowest BCUT2D eigenvalue weighted by Gasteiger charge is -2.16. The van der Waals surface area contributed by atoms with E-state index in [1.165, 1.54) is 12.1 Å². The van der Waals surface area contributed by atoms with Gasteiger partial charge in [0.15, 0.2) is 0 Å². The molecule has 1 amide bonds. The van der Waals surface area contributed by atoms with Gasteiger partial charge >= 0.3 is 5.97 Å². The zero-order valence-electron chi connectivity index (χ0n) is 22.8. The van der Waals surface area contributed by atoms with Crippen LogP contribution in [0.25, 0.3) is 11.1 Å². The highest BCUT2D eigenvalue weighted by Gasteiger charge is 2.21. The van der Waals surface area contributed by atoms with Gasteiger partial charge in [-0.15, -0.1) is 0 Å². The van der Waals surface area contributed by atoms with Gasteiger partial charge in [0, 0.05) is 23.8 Å². The summed E-state index contributed by atoms with van der Waals surface area (Å²) in [5.74, 6) is -0.382. The predicted molar refractivity (Wildman–Crippen MR) is 166 cm³/mol. The second kappa shape index (κ2) is 14.5. The quantitative estimate of drug-likeness (QED) is 0.142. The smallest absolute Gasteiger partial charge is 0.336 e. The van der Waals surface area contributed by atoms with Crippen LogP contribution in [0.2, 0.25) is 0 Å². The molecule has 1 unspecified atom stereocenters. The number of hydrogen-bond donors (Lipinski definition) is 3. The molecule has 1 heterocycles. The van der Waals surface area contributed by atoms with Crippen LogP contribution in [-0.4, -0.2) is 38.3 Å². The van der Waals surface area contributed by atoms with Gasteiger partial charge in [0.05, 0.1) is 24.2 Å². The van der Waals surface area contributed by atoms with Crippen LogP contribution in [0.3, 0.4) is 0 Å². The van der Waals surface area contributed by atoms with Gasteiger partial charge in [0.25, 0.3) is 0 Å². The fourth-order valence-corrected chi connectivity index (χ4v) is 5.53. The molecule has 0 fully saturated rings. The molecule has 0 saturated carbocycles. The van der Waals surface area contributed by atoms with Crippen molar-refractivity contribution in [3.63, 3.8) is 0 Å². The molecule has 0 aliphatic carbocycles. The van der Waals surface area contributed by atoms with Gasteiger partial charge in [0.2, 0.25) is 5.91 Å². The van der Waals surface area contributed by atoms with Crippen molar-refractivity contribution in [2.24, 2.45) is 0 Å². The summed E-state index contributed by atoms with van der Waals surface area (Å²) in [6.45, 7) is 2.31. The Hall–Kier alpha value is -3.43. The second-order valence-corrected chi connectivity index (χ2v) is 11.0. The second-order valence-electron chi connectivity index (χ2n) is 9.93. The summed E-state index contributed by atoms with van der Waals surface area (Å²) in [4.78, 5) is 29.4. The van der Waals surface area contributed by atoms with Crippen molar-refractivity contribution in [2.75, 3.05) is 5.75 Å². The van der Waals surface area contributed by atoms with E-state index in [0.29, 0.717) is 45.6 Å². The van der Waals surface area contributed by atoms with E-state index in [1.807, 2.05) is 34.9 Å². The number of nitrogens with zero attached hydrogens (tertiary/aromatic N) is 2. The van der Waals surface area contributed by atoms with Crippen LogP contribution in [0, 0.1) is 5.82 Å². The first kappa shape index (κ1) is 30.5. The first-order valence-electron chi connectivity index (χ1n) is 13.6. The zero-order valence-corrected chi connectivity index (χ0v) is 25.3. The highest BCUT2D eigenvalue weighted by atomic mass is 79.9. The number of imidazole rings is 1. The summed E-state index contributed by atoms with van der Waals surface area (Å²) in [5, 5.41) is 12.6. The van der Waals surface area contributed by atoms with Gasteiger partial charge in [-0.3, -0.25) is 4.79 Å². The lowest BCUT2D eigenvalue weighted by molar-refractivity contribution is -0.121. The van der Waals surface area contributed by atoms with Crippen molar-refractivity contribution in [3.05, 3.63) is 111 Å². The Morgan fingerprint density at radius 1 is 1.10 bits per heavy atom. The van der Waals surface area contributed by atoms with E-state index < -0.39 is 11.8 Å². The van der Waals surface area contributed by atoms with Crippen molar-refractivity contribution in [2.45, 2.75) is 51.6 Å². The first-order valence-corrected chi connectivity index (χ1v) is 15.0. The third-order valence-corrected chi connectivity index (χ3v) is 8.22. The van der Waals surface area contributed by atoms with E-state index in [2.05, 4.69) is 40.8 Å². The third kappa shape index (κ3) is 7.86. The molecule has 9 heteroatoms. The molecule has 0 aliphatic rings. The maximum absolute atomic E-state index is 15.4. The fraction of sp³-hybridized carbons (Fsp3) is 0.281. The first-order chi connectivity index (χ1) is 19.8. The summed E-state index contributed by atoms with van der Waals surface area (Å²) in [6.07, 6.45) is 3.32. The molecule has 0 bridgehead atoms. The third-order valence-electron chi connectivity index (χ3n) is 6.89. The van der Waals surface area contributed by atoms with Gasteiger partial charge in [-0.2, -0.15) is 12.6 Å². The van der Waals surface area contributed by atoms with Crippen LogP contribution in [0.1, 0.15) is 52.8 Å². The number of nitrogens with one attached hydrogen (secondary N) is 1. The summed E-state index contributed by atoms with van der Waals surface area (Å²) >= 11 is 8.06. The molecule has 1 atom stereocenters. The van der Waals surface area contributed by atoms with Crippen molar-refractivity contribution in [1.82, 2.24) is 14.9 Å². The van der Waals surface area contributed by atoms with Crippen LogP contribution in [0.4, 0.5) is 4.39 Å². The molecule has 1 aromatic heterocycles. The van der Waals surface area contributed by atoms with E-state index in [0.717, 1.165) is 24.2 Å². The number of carboxylic acids is 1. The van der Waals surface area contributed by atoms with Crippen molar-refractivity contribution >= 4 is 40.4 Å². The minimum absolute atomic E-state index is 0.0825. The van der Waals surface area contributed by atoms with E-state index in [4.69, 9.17) is 4.98 Å². The molecule has 6 nitrogen and oxygen atoms in total. The Labute approximate surface area is 253 Å². The average molecular weight is 639 g/mol. The van der Waals surface area contributed by atoms with Gasteiger partial charge in [-0.05, 0) is 57.6 Å². The SMILES string of the molecule is CCCCc1nc(CC(=O)NC(CS)Cc2ccccc2)c(Br)n1Cc1ccc(-c2ccccc2C(=O)O)cc1F. The van der Waals surface area contributed by atoms with Crippen LogP contribution in [0.5, 0.6) is 0 Å². The van der Waals surface area contributed by atoms with Gasteiger partial charge in [-0.25, -0.2) is 14.2 Å². The summed E-state index contributed by atoms with van der Waals surface area (Å²) in [6, 6.07) is 21.2. The molecule has 214 valence electrons. The number of carbonyl (C=O) groups excluding carboxylic acids is 1. The molecule has 0 saturated heterocycles. The van der Waals surface area contributed by atoms with Crippen LogP contribution >= 0.6 is 28.6 Å². The number of rotatable bonds is 13. The number of carbonyl (C=O) groups is 2. The molecular weight excluding hydrogens is 605 g/mol. The number of carboxylic acid groups (broad SMARTS) is 1. The topological polar surface area (TPSA) is 84.2 Å². The van der Waals surface area contributed by atoms with E-state index in [-0.39, 0.29) is 30.5 Å². The lowest BCUT2D eigenvalue weighted by atomic mass is 9.98. The molecule has 2 N–H and O–H groups in total. The number of hydrogen-bond acceptors (Lipinski definition) is 4. The predicted octanol–water partition coefficient (Wildman–Crippen LogP) is 6.74. The Morgan fingerprint density at radius 3 is 2.51 bits per heavy atom. The summed E-state index contributed by atoms with van der Waals surface area (Å²) in [5.41, 5.74) is 3.22. The molecule has 0 aliphatic heterocycles. The number of aromatic carboxylic acids is 1. The van der Waals surface area contributed by atoms with Gasteiger partial charge in [-0.1, -0.05) is 74.0 Å². The molecule has 0 spiro atoms. The van der Waals surface area contributed by atoms with Gasteiger partial charge in [0.1, 0.15) is 16.2 Å². The molecule has 4 rings (SSSR count). The summed E-state index contributed by atoms with van der Waals surface area (Å²) in [7, 11) is 0. The average Bonchev–Trinajstić information content (AvgIpc) is 3.26. The van der Waals surface area contributed by atoms with E-state index in [1.54, 1.807) is 30.3 Å². The molecule has 0 radical (unpaired) electrons. The van der Waals surface area contributed by atoms with Crippen molar-refractivity contribution < 1.29 is 19.1 Å². The van der Waals surface area contributed by atoms with Crippen LogP contribution in [-0.2, 0) is 30.6 Å². The Balaban J connectivity index is 1.54. The minimum atomic E-state index is -1.06. The highest BCUT2D eigenvalue weighted by Crippen LogP contribution is 2.28. The largest absolute Gasteiger partial charge is 0.478 e. The van der Waals surface area contributed by atoms with Crippen molar-refractivity contribution in [3.8, 4) is 11.1 Å². The Morgan fingerprint density at radius 2 is 1.83 bits per heavy atom. The molecule has 3 aromatic carbocycles. The maximum Gasteiger partial charge on any atom is 0.336 e. The minimum Gasteiger partial charge on any atom is -0.478 e. The van der Waals surface area contributed by atoms with E-state index >= 15 is 4.39 Å². The lowest BCUT2D eigenvalue weighted by Crippen LogP contribution is -2.38. The normalized spacial score (nSPS) is 11.8. The molecule has 41 heavy (non-hydrogen) atoms. The standard InChI is InChI=1S/C32H33BrFN3O3S/c1-2-3-13-29-36-28(18-30(38)35-24(20-41)16-21-9-5-4-6-10-21)31(33)37(29)19-23-15-14-22(17-27(23)34)25-11-7-8-12-26(25)32(39)40/h4-12,14-15,17,24,41H,2-3,13,16,18-20H2,1H3,(H,35,38)(H,39,40). The summed E-state index contributed by atoms with van der Waals surface area (Å²) < 4.78 is 17.9. The van der Waals surface area contributed by atoms with E-state index in [9.17, 15) is 14.7 Å². The number of aromatic nitrogens is 2. The number of benzene rings is 3. The zero-order chi connectivity index (χ0) is 29.4. The van der Waals surface area contributed by atoms with Gasteiger partial charge < -0.3 is 15.0 Å². The number of thiol groups is 1. The number of halogens is 2. The van der Waals surface area contributed by atoms with Crippen LogP contribution < -0.4 is 5.32 Å². The molecular formula is C32H33BrFN3O3S. The molecule has 4 aromatic rings. The fourth-order valence-electron chi connectivity index (χ4n) is 4.76. The van der Waals surface area contributed by atoms with Crippen LogP contribution in [0.15, 0.2) is 77.4 Å². The monoisotopic (exact) mass is 637 g/mol. The number of amides is 1. The highest BCUT2D eigenvalue weighted by molar-refractivity contribution is 9.10. The maximum atomic E-state index is 15.4. The number of aryl methyl sites for hydroxylation is 1.